The van der Waals surface area contributed by atoms with Crippen LogP contribution in [-0.4, -0.2) is 15.7 Å². The van der Waals surface area contributed by atoms with Crippen molar-refractivity contribution in [3.63, 3.8) is 0 Å². The van der Waals surface area contributed by atoms with Crippen molar-refractivity contribution in [3.05, 3.63) is 76.6 Å². The first-order valence-corrected chi connectivity index (χ1v) is 7.94. The minimum absolute atomic E-state index is 0.0211. The van der Waals surface area contributed by atoms with Gasteiger partial charge in [-0.25, -0.2) is 4.68 Å². The molecule has 0 saturated heterocycles. The van der Waals surface area contributed by atoms with Crippen molar-refractivity contribution in [2.75, 3.05) is 5.32 Å². The van der Waals surface area contributed by atoms with E-state index < -0.39 is 17.6 Å². The summed E-state index contributed by atoms with van der Waals surface area (Å²) in [5, 5.41) is 6.77. The topological polar surface area (TPSA) is 46.9 Å². The quantitative estimate of drug-likeness (QED) is 0.687. The fourth-order valence-electron chi connectivity index (χ4n) is 2.46. The summed E-state index contributed by atoms with van der Waals surface area (Å²) < 4.78 is 39.8. The molecule has 0 bridgehead atoms. The number of nitrogens with zero attached hydrogens (tertiary/aromatic N) is 2. The third-order valence-corrected chi connectivity index (χ3v) is 4.03. The number of halogens is 4. The molecule has 26 heavy (non-hydrogen) atoms. The van der Waals surface area contributed by atoms with Gasteiger partial charge >= 0.3 is 6.18 Å². The first-order valence-electron chi connectivity index (χ1n) is 7.56. The molecule has 0 aliphatic carbocycles. The highest BCUT2D eigenvalue weighted by atomic mass is 35.5. The summed E-state index contributed by atoms with van der Waals surface area (Å²) in [6, 6.07) is 13.4. The van der Waals surface area contributed by atoms with Crippen molar-refractivity contribution >= 4 is 23.2 Å². The van der Waals surface area contributed by atoms with E-state index in [2.05, 4.69) is 10.4 Å². The van der Waals surface area contributed by atoms with Gasteiger partial charge in [0.25, 0.3) is 5.91 Å². The predicted octanol–water partition coefficient (Wildman–Crippen LogP) is 5.11. The Morgan fingerprint density at radius 2 is 1.81 bits per heavy atom. The van der Waals surface area contributed by atoms with Gasteiger partial charge in [-0.15, -0.1) is 0 Å². The van der Waals surface area contributed by atoms with Crippen LogP contribution in [0, 0.1) is 6.92 Å². The van der Waals surface area contributed by atoms with E-state index in [9.17, 15) is 18.0 Å². The summed E-state index contributed by atoms with van der Waals surface area (Å²) in [6.45, 7) is 1.60. The van der Waals surface area contributed by atoms with Crippen molar-refractivity contribution in [2.45, 2.75) is 13.1 Å². The van der Waals surface area contributed by atoms with Gasteiger partial charge in [0.2, 0.25) is 0 Å². The molecule has 0 spiro atoms. The Morgan fingerprint density at radius 1 is 1.12 bits per heavy atom. The third-order valence-electron chi connectivity index (χ3n) is 3.68. The average molecular weight is 380 g/mol. The number of alkyl halides is 3. The molecule has 3 aromatic rings. The normalized spacial score (nSPS) is 11.4. The lowest BCUT2D eigenvalue weighted by molar-refractivity contribution is -0.137. The van der Waals surface area contributed by atoms with Gasteiger partial charge in [0, 0.05) is 5.69 Å². The van der Waals surface area contributed by atoms with Gasteiger partial charge < -0.3 is 5.32 Å². The molecule has 0 aliphatic rings. The maximum Gasteiger partial charge on any atom is 0.416 e. The number of para-hydroxylation sites is 1. The van der Waals surface area contributed by atoms with Gasteiger partial charge in [-0.1, -0.05) is 35.9 Å². The van der Waals surface area contributed by atoms with Gasteiger partial charge in [-0.2, -0.15) is 18.3 Å². The van der Waals surface area contributed by atoms with Crippen molar-refractivity contribution in [1.82, 2.24) is 9.78 Å². The summed E-state index contributed by atoms with van der Waals surface area (Å²) in [5.41, 5.74) is 0.306. The minimum Gasteiger partial charge on any atom is -0.322 e. The van der Waals surface area contributed by atoms with E-state index >= 15 is 0 Å². The van der Waals surface area contributed by atoms with Crippen molar-refractivity contribution < 1.29 is 18.0 Å². The number of hydrogen-bond donors (Lipinski definition) is 1. The molecule has 1 aromatic heterocycles. The molecule has 1 heterocycles. The molecule has 0 unspecified atom stereocenters. The predicted molar refractivity (Wildman–Crippen MR) is 92.7 cm³/mol. The molecule has 1 amide bonds. The summed E-state index contributed by atoms with van der Waals surface area (Å²) in [7, 11) is 0. The number of nitrogens with one attached hydrogen (secondary N) is 1. The molecular formula is C18H13ClF3N3O. The van der Waals surface area contributed by atoms with Gasteiger partial charge in [0.05, 0.1) is 16.9 Å². The lowest BCUT2D eigenvalue weighted by Gasteiger charge is -2.10. The van der Waals surface area contributed by atoms with E-state index in [4.69, 9.17) is 11.6 Å². The standard InChI is InChI=1S/C18H13ClF3N3O/c1-11-15(16(19)25(24-11)14-8-3-2-4-9-14)17(26)23-13-7-5-6-12(10-13)18(20,21)22/h2-10H,1H3,(H,23,26). The molecule has 8 heteroatoms. The van der Waals surface area contributed by atoms with Crippen molar-refractivity contribution in [3.8, 4) is 5.69 Å². The van der Waals surface area contributed by atoms with Crippen LogP contribution in [-0.2, 0) is 6.18 Å². The SMILES string of the molecule is Cc1nn(-c2ccccc2)c(Cl)c1C(=O)Nc1cccc(C(F)(F)F)c1. The number of hydrogen-bond acceptors (Lipinski definition) is 2. The van der Waals surface area contributed by atoms with Crippen LogP contribution in [0.25, 0.3) is 5.69 Å². The lowest BCUT2D eigenvalue weighted by Crippen LogP contribution is -2.14. The average Bonchev–Trinajstić information content (AvgIpc) is 2.89. The summed E-state index contributed by atoms with van der Waals surface area (Å²) >= 11 is 6.29. The van der Waals surface area contributed by atoms with Gasteiger partial charge in [-0.05, 0) is 37.3 Å². The molecule has 0 fully saturated rings. The maximum atomic E-state index is 12.8. The Hall–Kier alpha value is -2.80. The number of carbonyl (C=O) groups is 1. The first-order chi connectivity index (χ1) is 12.3. The molecule has 0 saturated carbocycles. The van der Waals surface area contributed by atoms with Crippen molar-refractivity contribution in [1.29, 1.82) is 0 Å². The molecule has 4 nitrogen and oxygen atoms in total. The minimum atomic E-state index is -4.49. The fraction of sp³-hybridized carbons (Fsp3) is 0.111. The van der Waals surface area contributed by atoms with Crippen LogP contribution in [0.5, 0.6) is 0 Å². The molecule has 3 rings (SSSR count). The number of benzene rings is 2. The molecule has 0 atom stereocenters. The molecule has 0 aliphatic heterocycles. The number of rotatable bonds is 3. The van der Waals surface area contributed by atoms with Gasteiger partial charge in [0.15, 0.2) is 0 Å². The van der Waals surface area contributed by atoms with Crippen LogP contribution in [0.4, 0.5) is 18.9 Å². The van der Waals surface area contributed by atoms with E-state index in [0.29, 0.717) is 11.4 Å². The van der Waals surface area contributed by atoms with Crippen molar-refractivity contribution in [2.24, 2.45) is 0 Å². The fourth-order valence-corrected chi connectivity index (χ4v) is 2.82. The number of amides is 1. The second-order valence-corrected chi connectivity index (χ2v) is 5.89. The van der Waals surface area contributed by atoms with Crippen LogP contribution in [0.3, 0.4) is 0 Å². The highest BCUT2D eigenvalue weighted by molar-refractivity contribution is 6.34. The summed E-state index contributed by atoms with van der Waals surface area (Å²) in [6.07, 6.45) is -4.49. The Labute approximate surface area is 152 Å². The maximum absolute atomic E-state index is 12.8. The summed E-state index contributed by atoms with van der Waals surface area (Å²) in [5.74, 6) is -0.631. The van der Waals surface area contributed by atoms with Crippen LogP contribution >= 0.6 is 11.6 Å². The van der Waals surface area contributed by atoms with E-state index in [-0.39, 0.29) is 16.4 Å². The number of carbonyl (C=O) groups excluding carboxylic acids is 1. The molecule has 134 valence electrons. The largest absolute Gasteiger partial charge is 0.416 e. The number of aryl methyl sites for hydroxylation is 1. The highest BCUT2D eigenvalue weighted by Gasteiger charge is 2.30. The zero-order valence-electron chi connectivity index (χ0n) is 13.5. The molecular weight excluding hydrogens is 367 g/mol. The van der Waals surface area contributed by atoms with Gasteiger partial charge in [0.1, 0.15) is 10.7 Å². The number of anilines is 1. The Balaban J connectivity index is 1.91. The van der Waals surface area contributed by atoms with Crippen LogP contribution in [0.15, 0.2) is 54.6 Å². The molecule has 0 radical (unpaired) electrons. The third kappa shape index (κ3) is 3.57. The Bertz CT molecular complexity index is 952. The Morgan fingerprint density at radius 3 is 2.46 bits per heavy atom. The van der Waals surface area contributed by atoms with Gasteiger partial charge in [-0.3, -0.25) is 4.79 Å². The monoisotopic (exact) mass is 379 g/mol. The second-order valence-electron chi connectivity index (χ2n) is 5.53. The van der Waals surface area contributed by atoms with E-state index in [1.165, 1.54) is 16.8 Å². The molecule has 1 N–H and O–H groups in total. The van der Waals surface area contributed by atoms with E-state index in [0.717, 1.165) is 12.1 Å². The number of aromatic nitrogens is 2. The smallest absolute Gasteiger partial charge is 0.322 e. The second kappa shape index (κ2) is 6.84. The zero-order chi connectivity index (χ0) is 18.9. The van der Waals surface area contributed by atoms with Crippen LogP contribution < -0.4 is 5.32 Å². The highest BCUT2D eigenvalue weighted by Crippen LogP contribution is 2.31. The first kappa shape index (κ1) is 18.0. The molecule has 2 aromatic carbocycles. The Kier molecular flexibility index (Phi) is 4.73. The van der Waals surface area contributed by atoms with Crippen LogP contribution in [0.1, 0.15) is 21.6 Å². The zero-order valence-corrected chi connectivity index (χ0v) is 14.3. The van der Waals surface area contributed by atoms with E-state index in [1.807, 2.05) is 6.07 Å². The summed E-state index contributed by atoms with van der Waals surface area (Å²) in [4.78, 5) is 12.5. The van der Waals surface area contributed by atoms with E-state index in [1.54, 1.807) is 31.2 Å². The van der Waals surface area contributed by atoms with Crippen LogP contribution in [0.2, 0.25) is 5.15 Å². The lowest BCUT2D eigenvalue weighted by atomic mass is 10.2.